The topological polar surface area (TPSA) is 71.5 Å². The maximum atomic E-state index is 12.8. The number of furan rings is 1. The molecule has 0 unspecified atom stereocenters. The molecular weight excluding hydrogens is 402 g/mol. The quantitative estimate of drug-likeness (QED) is 0.450. The Bertz CT molecular complexity index is 1180. The second-order valence-corrected chi connectivity index (χ2v) is 8.56. The van der Waals surface area contributed by atoms with E-state index in [2.05, 4.69) is 28.2 Å². The summed E-state index contributed by atoms with van der Waals surface area (Å²) in [6.07, 6.45) is 1.71. The number of anilines is 1. The number of piperidine rings is 1. The zero-order valence-electron chi connectivity index (χ0n) is 18.4. The highest BCUT2D eigenvalue weighted by Gasteiger charge is 2.25. The molecule has 1 fully saturated rings. The Labute approximate surface area is 187 Å². The van der Waals surface area contributed by atoms with E-state index in [0.29, 0.717) is 5.89 Å². The van der Waals surface area contributed by atoms with Crippen LogP contribution in [0.2, 0.25) is 0 Å². The molecule has 1 N–H and O–H groups in total. The van der Waals surface area contributed by atoms with Crippen molar-refractivity contribution in [1.29, 1.82) is 0 Å². The summed E-state index contributed by atoms with van der Waals surface area (Å²) in [6.45, 7) is 6.66. The number of likely N-dealkylation sites (tertiary alicyclic amines) is 1. The smallest absolute Gasteiger partial charge is 0.227 e. The minimum absolute atomic E-state index is 0.0306. The van der Waals surface area contributed by atoms with Crippen molar-refractivity contribution < 1.29 is 13.6 Å². The number of nitrogens with one attached hydrogen (secondary N) is 1. The average Bonchev–Trinajstić information content (AvgIpc) is 3.37. The highest BCUT2D eigenvalue weighted by molar-refractivity contribution is 5.92. The largest absolute Gasteiger partial charge is 0.465 e. The standard InChI is InChI=1S/C26H27N3O3/c1-17-15-22(31-18(17)2)16-29-13-11-19(12-14-29)25(30)27-21-9-7-20(8-10-21)26-28-23-5-3-4-6-24(23)32-26/h3-10,15,19H,11-14,16H2,1-2H3,(H,27,30). The number of amides is 1. The molecule has 0 atom stereocenters. The van der Waals surface area contributed by atoms with Gasteiger partial charge < -0.3 is 14.2 Å². The van der Waals surface area contributed by atoms with Crippen LogP contribution in [0.4, 0.5) is 5.69 Å². The van der Waals surface area contributed by atoms with E-state index in [-0.39, 0.29) is 11.8 Å². The number of carbonyl (C=O) groups is 1. The summed E-state index contributed by atoms with van der Waals surface area (Å²) in [5, 5.41) is 3.07. The van der Waals surface area contributed by atoms with Gasteiger partial charge in [-0.15, -0.1) is 0 Å². The van der Waals surface area contributed by atoms with Crippen LogP contribution in [0.25, 0.3) is 22.6 Å². The van der Waals surface area contributed by atoms with Gasteiger partial charge in [0.25, 0.3) is 0 Å². The van der Waals surface area contributed by atoms with Gasteiger partial charge >= 0.3 is 0 Å². The number of aromatic nitrogens is 1. The summed E-state index contributed by atoms with van der Waals surface area (Å²) in [5.41, 5.74) is 4.47. The summed E-state index contributed by atoms with van der Waals surface area (Å²) in [6, 6.07) is 17.5. The van der Waals surface area contributed by atoms with Crippen LogP contribution in [0.5, 0.6) is 0 Å². The first kappa shape index (κ1) is 20.5. The molecule has 0 saturated carbocycles. The number of oxazole rings is 1. The van der Waals surface area contributed by atoms with Gasteiger partial charge in [0, 0.05) is 17.2 Å². The van der Waals surface area contributed by atoms with Crippen LogP contribution in [-0.2, 0) is 11.3 Å². The second kappa shape index (κ2) is 8.63. The lowest BCUT2D eigenvalue weighted by Crippen LogP contribution is -2.37. The number of benzene rings is 2. The Hall–Kier alpha value is -3.38. The number of nitrogens with zero attached hydrogens (tertiary/aromatic N) is 2. The molecule has 0 radical (unpaired) electrons. The van der Waals surface area contributed by atoms with E-state index in [1.54, 1.807) is 0 Å². The zero-order chi connectivity index (χ0) is 22.1. The summed E-state index contributed by atoms with van der Waals surface area (Å²) in [7, 11) is 0. The maximum Gasteiger partial charge on any atom is 0.227 e. The summed E-state index contributed by atoms with van der Waals surface area (Å²) < 4.78 is 11.6. The van der Waals surface area contributed by atoms with Gasteiger partial charge in [0.15, 0.2) is 5.58 Å². The van der Waals surface area contributed by atoms with Crippen molar-refractivity contribution in [3.63, 3.8) is 0 Å². The Balaban J connectivity index is 1.16. The number of carbonyl (C=O) groups excluding carboxylic acids is 1. The van der Waals surface area contributed by atoms with E-state index in [1.807, 2.05) is 55.5 Å². The van der Waals surface area contributed by atoms with Crippen molar-refractivity contribution >= 4 is 22.7 Å². The molecule has 3 heterocycles. The van der Waals surface area contributed by atoms with E-state index < -0.39 is 0 Å². The maximum absolute atomic E-state index is 12.8. The molecule has 2 aromatic heterocycles. The highest BCUT2D eigenvalue weighted by atomic mass is 16.3. The predicted molar refractivity (Wildman–Crippen MR) is 124 cm³/mol. The van der Waals surface area contributed by atoms with Crippen LogP contribution in [0.15, 0.2) is 63.4 Å². The van der Waals surface area contributed by atoms with Crippen LogP contribution in [0.3, 0.4) is 0 Å². The minimum atomic E-state index is 0.0306. The molecule has 1 amide bonds. The van der Waals surface area contributed by atoms with Gasteiger partial charge in [0.1, 0.15) is 17.0 Å². The van der Waals surface area contributed by atoms with Gasteiger partial charge in [-0.05, 0) is 87.8 Å². The molecule has 1 aliphatic heterocycles. The van der Waals surface area contributed by atoms with E-state index in [1.165, 1.54) is 5.56 Å². The number of para-hydroxylation sites is 2. The van der Waals surface area contributed by atoms with Crippen LogP contribution in [0, 0.1) is 19.8 Å². The van der Waals surface area contributed by atoms with Crippen molar-refractivity contribution in [3.05, 3.63) is 71.7 Å². The van der Waals surface area contributed by atoms with Gasteiger partial charge in [0.2, 0.25) is 11.8 Å². The summed E-state index contributed by atoms with van der Waals surface area (Å²) in [5.74, 6) is 2.68. The van der Waals surface area contributed by atoms with Gasteiger partial charge in [-0.3, -0.25) is 9.69 Å². The molecule has 6 heteroatoms. The molecule has 0 spiro atoms. The number of rotatable bonds is 5. The third-order valence-corrected chi connectivity index (χ3v) is 6.25. The van der Waals surface area contributed by atoms with Crippen LogP contribution < -0.4 is 5.32 Å². The Kier molecular flexibility index (Phi) is 5.53. The van der Waals surface area contributed by atoms with E-state index in [0.717, 1.165) is 66.3 Å². The van der Waals surface area contributed by atoms with E-state index >= 15 is 0 Å². The fourth-order valence-electron chi connectivity index (χ4n) is 4.24. The Morgan fingerprint density at radius 2 is 1.81 bits per heavy atom. The molecule has 0 bridgehead atoms. The normalized spacial score (nSPS) is 15.3. The minimum Gasteiger partial charge on any atom is -0.465 e. The van der Waals surface area contributed by atoms with Crippen LogP contribution >= 0.6 is 0 Å². The Morgan fingerprint density at radius 1 is 1.06 bits per heavy atom. The first-order chi connectivity index (χ1) is 15.5. The number of hydrogen-bond donors (Lipinski definition) is 1. The number of fused-ring (bicyclic) bond motifs is 1. The molecule has 6 nitrogen and oxygen atoms in total. The van der Waals surface area contributed by atoms with Crippen molar-refractivity contribution in [1.82, 2.24) is 9.88 Å². The lowest BCUT2D eigenvalue weighted by molar-refractivity contribution is -0.121. The van der Waals surface area contributed by atoms with Crippen molar-refractivity contribution in [2.24, 2.45) is 5.92 Å². The molecule has 164 valence electrons. The highest BCUT2D eigenvalue weighted by Crippen LogP contribution is 2.26. The van der Waals surface area contributed by atoms with Crippen molar-refractivity contribution in [2.75, 3.05) is 18.4 Å². The third-order valence-electron chi connectivity index (χ3n) is 6.25. The predicted octanol–water partition coefficient (Wildman–Crippen LogP) is 5.56. The van der Waals surface area contributed by atoms with Gasteiger partial charge in [-0.2, -0.15) is 0 Å². The second-order valence-electron chi connectivity index (χ2n) is 8.56. The summed E-state index contributed by atoms with van der Waals surface area (Å²) >= 11 is 0. The Morgan fingerprint density at radius 3 is 2.50 bits per heavy atom. The monoisotopic (exact) mass is 429 g/mol. The van der Waals surface area contributed by atoms with Gasteiger partial charge in [-0.1, -0.05) is 12.1 Å². The molecule has 1 saturated heterocycles. The molecular formula is C26H27N3O3. The zero-order valence-corrected chi connectivity index (χ0v) is 18.4. The molecule has 5 rings (SSSR count). The van der Waals surface area contributed by atoms with E-state index in [9.17, 15) is 4.79 Å². The molecule has 1 aliphatic rings. The molecule has 4 aromatic rings. The van der Waals surface area contributed by atoms with Crippen LogP contribution in [0.1, 0.15) is 29.9 Å². The van der Waals surface area contributed by atoms with Gasteiger partial charge in [0.05, 0.1) is 6.54 Å². The first-order valence-electron chi connectivity index (χ1n) is 11.1. The molecule has 2 aromatic carbocycles. The van der Waals surface area contributed by atoms with Gasteiger partial charge in [-0.25, -0.2) is 4.98 Å². The lowest BCUT2D eigenvalue weighted by Gasteiger charge is -2.30. The number of hydrogen-bond acceptors (Lipinski definition) is 5. The van der Waals surface area contributed by atoms with Crippen molar-refractivity contribution in [2.45, 2.75) is 33.2 Å². The lowest BCUT2D eigenvalue weighted by atomic mass is 9.95. The fourth-order valence-corrected chi connectivity index (χ4v) is 4.24. The first-order valence-corrected chi connectivity index (χ1v) is 11.1. The van der Waals surface area contributed by atoms with Crippen LogP contribution in [-0.4, -0.2) is 28.9 Å². The fraction of sp³-hybridized carbons (Fsp3) is 0.308. The number of aryl methyl sites for hydroxylation is 2. The van der Waals surface area contributed by atoms with Crippen molar-refractivity contribution in [3.8, 4) is 11.5 Å². The third kappa shape index (κ3) is 4.32. The molecule has 32 heavy (non-hydrogen) atoms. The average molecular weight is 430 g/mol. The SMILES string of the molecule is Cc1cc(CN2CCC(C(=O)Nc3ccc(-c4nc5ccccc5o4)cc3)CC2)oc1C. The van der Waals surface area contributed by atoms with E-state index in [4.69, 9.17) is 8.83 Å². The summed E-state index contributed by atoms with van der Waals surface area (Å²) in [4.78, 5) is 19.7. The molecule has 0 aliphatic carbocycles.